The van der Waals surface area contributed by atoms with Gasteiger partial charge < -0.3 is 15.7 Å². The molecular weight excluding hydrogens is 344 g/mol. The number of rotatable bonds is 7. The Morgan fingerprint density at radius 3 is 2.33 bits per heavy atom. The number of hydrogen-bond acceptors (Lipinski definition) is 4. The number of aromatic hydroxyl groups is 1. The summed E-state index contributed by atoms with van der Waals surface area (Å²) in [6.45, 7) is 0.783. The van der Waals surface area contributed by atoms with E-state index in [1.807, 2.05) is 30.3 Å². The van der Waals surface area contributed by atoms with Crippen LogP contribution in [0.1, 0.15) is 27.3 Å². The zero-order valence-electron chi connectivity index (χ0n) is 14.6. The second kappa shape index (κ2) is 8.66. The Kier molecular flexibility index (Phi) is 5.84. The summed E-state index contributed by atoms with van der Waals surface area (Å²) in [6.07, 6.45) is 0.560. The van der Waals surface area contributed by atoms with Gasteiger partial charge in [-0.3, -0.25) is 14.7 Å². The van der Waals surface area contributed by atoms with Crippen molar-refractivity contribution < 1.29 is 14.7 Å². The van der Waals surface area contributed by atoms with Crippen molar-refractivity contribution in [3.8, 4) is 17.0 Å². The Bertz CT molecular complexity index is 922. The third kappa shape index (κ3) is 4.72. The molecule has 0 unspecified atom stereocenters. The smallest absolute Gasteiger partial charge is 0.269 e. The van der Waals surface area contributed by atoms with Crippen molar-refractivity contribution in [1.29, 1.82) is 0 Å². The number of carbonyl (C=O) groups excluding carboxylic acids is 2. The molecule has 3 aromatic rings. The Morgan fingerprint density at radius 2 is 1.59 bits per heavy atom. The summed E-state index contributed by atoms with van der Waals surface area (Å²) in [5.74, 6) is -0.658. The summed E-state index contributed by atoms with van der Waals surface area (Å²) in [6, 6.07) is 17.6. The average Bonchev–Trinajstić information content (AvgIpc) is 3.19. The van der Waals surface area contributed by atoms with Crippen molar-refractivity contribution in [3.63, 3.8) is 0 Å². The van der Waals surface area contributed by atoms with Crippen LogP contribution in [0.4, 0.5) is 0 Å². The molecule has 0 aliphatic rings. The fourth-order valence-electron chi connectivity index (χ4n) is 2.54. The highest BCUT2D eigenvalue weighted by Crippen LogP contribution is 2.17. The third-order valence-corrected chi connectivity index (χ3v) is 3.97. The zero-order valence-corrected chi connectivity index (χ0v) is 14.6. The molecule has 2 aromatic carbocycles. The lowest BCUT2D eigenvalue weighted by molar-refractivity contribution is 0.0947. The predicted octanol–water partition coefficient (Wildman–Crippen LogP) is 2.33. The number of phenolic OH excluding ortho intramolecular Hbond substituents is 1. The summed E-state index contributed by atoms with van der Waals surface area (Å²) in [7, 11) is 0. The van der Waals surface area contributed by atoms with E-state index < -0.39 is 0 Å². The van der Waals surface area contributed by atoms with Gasteiger partial charge in [0, 0.05) is 18.7 Å². The number of nitrogens with one attached hydrogen (secondary N) is 3. The maximum atomic E-state index is 12.1. The van der Waals surface area contributed by atoms with Gasteiger partial charge in [-0.1, -0.05) is 42.5 Å². The van der Waals surface area contributed by atoms with Gasteiger partial charge in [0.05, 0.1) is 11.3 Å². The van der Waals surface area contributed by atoms with Crippen molar-refractivity contribution in [1.82, 2.24) is 20.8 Å². The number of aromatic amines is 1. The third-order valence-electron chi connectivity index (χ3n) is 3.97. The maximum Gasteiger partial charge on any atom is 0.269 e. The standard InChI is InChI=1S/C20H20N4O3/c25-18-10-5-4-9-15(18)19(26)21-11-6-12-22-20(27)17-13-16(23-24-17)14-7-2-1-3-8-14/h1-5,7-10,13,25H,6,11-12H2,(H,21,26)(H,22,27)(H,23,24). The molecular formula is C20H20N4O3. The van der Waals surface area contributed by atoms with E-state index in [0.29, 0.717) is 30.9 Å². The van der Waals surface area contributed by atoms with Crippen molar-refractivity contribution in [2.75, 3.05) is 13.1 Å². The molecule has 0 atom stereocenters. The van der Waals surface area contributed by atoms with Gasteiger partial charge in [0.25, 0.3) is 11.8 Å². The number of nitrogens with zero attached hydrogens (tertiary/aromatic N) is 1. The van der Waals surface area contributed by atoms with E-state index in [9.17, 15) is 14.7 Å². The molecule has 0 aliphatic heterocycles. The van der Waals surface area contributed by atoms with Crippen molar-refractivity contribution >= 4 is 11.8 Å². The Hall–Kier alpha value is -3.61. The number of benzene rings is 2. The van der Waals surface area contributed by atoms with E-state index in [2.05, 4.69) is 20.8 Å². The molecule has 0 saturated carbocycles. The summed E-state index contributed by atoms with van der Waals surface area (Å²) < 4.78 is 0. The van der Waals surface area contributed by atoms with Gasteiger partial charge in [-0.25, -0.2) is 0 Å². The van der Waals surface area contributed by atoms with Gasteiger partial charge in [-0.05, 0) is 24.6 Å². The normalized spacial score (nSPS) is 10.4. The van der Waals surface area contributed by atoms with Crippen molar-refractivity contribution in [2.45, 2.75) is 6.42 Å². The largest absolute Gasteiger partial charge is 0.507 e. The molecule has 0 aliphatic carbocycles. The van der Waals surface area contributed by atoms with E-state index in [0.717, 1.165) is 5.56 Å². The summed E-state index contributed by atoms with van der Waals surface area (Å²) >= 11 is 0. The molecule has 7 nitrogen and oxygen atoms in total. The van der Waals surface area contributed by atoms with Crippen molar-refractivity contribution in [3.05, 3.63) is 71.9 Å². The minimum Gasteiger partial charge on any atom is -0.507 e. The lowest BCUT2D eigenvalue weighted by Gasteiger charge is -2.07. The quantitative estimate of drug-likeness (QED) is 0.483. The molecule has 0 bridgehead atoms. The first kappa shape index (κ1) is 18.2. The minimum atomic E-state index is -0.347. The van der Waals surface area contributed by atoms with E-state index in [4.69, 9.17) is 0 Å². The molecule has 138 valence electrons. The number of phenols is 1. The fraction of sp³-hybridized carbons (Fsp3) is 0.150. The van der Waals surface area contributed by atoms with Crippen LogP contribution in [0.25, 0.3) is 11.3 Å². The van der Waals surface area contributed by atoms with Crippen LogP contribution in [0.2, 0.25) is 0 Å². The van der Waals surface area contributed by atoms with Crippen molar-refractivity contribution in [2.24, 2.45) is 0 Å². The Labute approximate surface area is 156 Å². The van der Waals surface area contributed by atoms with Crippen LogP contribution in [0.3, 0.4) is 0 Å². The van der Waals surface area contributed by atoms with Crippen LogP contribution in [-0.2, 0) is 0 Å². The van der Waals surface area contributed by atoms with Gasteiger partial charge in [-0.2, -0.15) is 5.10 Å². The molecule has 1 heterocycles. The summed E-state index contributed by atoms with van der Waals surface area (Å²) in [5.41, 5.74) is 2.25. The van der Waals surface area contributed by atoms with Crippen LogP contribution in [0.5, 0.6) is 5.75 Å². The van der Waals surface area contributed by atoms with Gasteiger partial charge in [0.2, 0.25) is 0 Å². The highest BCUT2D eigenvalue weighted by molar-refractivity contribution is 5.96. The number of para-hydroxylation sites is 1. The number of aromatic nitrogens is 2. The molecule has 1 aromatic heterocycles. The molecule has 2 amide bonds. The van der Waals surface area contributed by atoms with E-state index in [1.165, 1.54) is 6.07 Å². The van der Waals surface area contributed by atoms with Gasteiger partial charge in [0.1, 0.15) is 11.4 Å². The van der Waals surface area contributed by atoms with Gasteiger partial charge >= 0.3 is 0 Å². The van der Waals surface area contributed by atoms with Crippen LogP contribution in [0.15, 0.2) is 60.7 Å². The second-order valence-corrected chi connectivity index (χ2v) is 5.92. The number of hydrogen-bond donors (Lipinski definition) is 4. The average molecular weight is 364 g/mol. The van der Waals surface area contributed by atoms with Gasteiger partial charge in [-0.15, -0.1) is 0 Å². The Balaban J connectivity index is 1.42. The SMILES string of the molecule is O=C(NCCCNC(=O)c1ccccc1O)c1cc(-c2ccccc2)n[nH]1. The molecule has 7 heteroatoms. The number of amides is 2. The predicted molar refractivity (Wildman–Crippen MR) is 101 cm³/mol. The Morgan fingerprint density at radius 1 is 0.926 bits per heavy atom. The second-order valence-electron chi connectivity index (χ2n) is 5.92. The van der Waals surface area contributed by atoms with Crippen LogP contribution in [0, 0.1) is 0 Å². The lowest BCUT2D eigenvalue weighted by Crippen LogP contribution is -2.30. The lowest BCUT2D eigenvalue weighted by atomic mass is 10.1. The number of carbonyl (C=O) groups is 2. The monoisotopic (exact) mass is 364 g/mol. The minimum absolute atomic E-state index is 0.0585. The first-order chi connectivity index (χ1) is 13.1. The van der Waals surface area contributed by atoms with E-state index >= 15 is 0 Å². The summed E-state index contributed by atoms with van der Waals surface area (Å²) in [5, 5.41) is 22.0. The highest BCUT2D eigenvalue weighted by Gasteiger charge is 2.11. The topological polar surface area (TPSA) is 107 Å². The van der Waals surface area contributed by atoms with E-state index in [-0.39, 0.29) is 23.1 Å². The number of H-pyrrole nitrogens is 1. The molecule has 0 fully saturated rings. The molecule has 0 spiro atoms. The zero-order chi connectivity index (χ0) is 19.1. The molecule has 0 radical (unpaired) electrons. The molecule has 3 rings (SSSR count). The van der Waals surface area contributed by atoms with Crippen LogP contribution in [-0.4, -0.2) is 40.2 Å². The molecule has 27 heavy (non-hydrogen) atoms. The molecule has 4 N–H and O–H groups in total. The molecule has 0 saturated heterocycles. The van der Waals surface area contributed by atoms with Crippen LogP contribution >= 0.6 is 0 Å². The maximum absolute atomic E-state index is 12.1. The highest BCUT2D eigenvalue weighted by atomic mass is 16.3. The van der Waals surface area contributed by atoms with Crippen LogP contribution < -0.4 is 10.6 Å². The van der Waals surface area contributed by atoms with Gasteiger partial charge in [0.15, 0.2) is 0 Å². The first-order valence-corrected chi connectivity index (χ1v) is 8.60. The van der Waals surface area contributed by atoms with E-state index in [1.54, 1.807) is 24.3 Å². The first-order valence-electron chi connectivity index (χ1n) is 8.60. The summed E-state index contributed by atoms with van der Waals surface area (Å²) in [4.78, 5) is 24.1. The fourth-order valence-corrected chi connectivity index (χ4v) is 2.54.